The van der Waals surface area contributed by atoms with E-state index in [1.807, 2.05) is 34.0 Å². The molecule has 3 saturated heterocycles. The molecule has 0 bridgehead atoms. The Balaban J connectivity index is 0.000000203. The number of benzene rings is 3. The van der Waals surface area contributed by atoms with E-state index >= 15 is 0 Å². The number of carbonyl (C=O) groups is 5. The average molecular weight is 796 g/mol. The van der Waals surface area contributed by atoms with Crippen LogP contribution in [0.2, 0.25) is 0 Å². The fourth-order valence-electron chi connectivity index (χ4n) is 8.51. The molecule has 304 valence electrons. The minimum Gasteiger partial charge on any atom is -0.380 e. The van der Waals surface area contributed by atoms with Gasteiger partial charge in [0.25, 0.3) is 11.8 Å². The molecule has 14 heteroatoms. The van der Waals surface area contributed by atoms with Crippen molar-refractivity contribution < 1.29 is 24.0 Å². The van der Waals surface area contributed by atoms with Crippen molar-refractivity contribution in [3.05, 3.63) is 137 Å². The van der Waals surface area contributed by atoms with Gasteiger partial charge < -0.3 is 5.32 Å². The monoisotopic (exact) mass is 795 g/mol. The molecule has 0 aliphatic carbocycles. The van der Waals surface area contributed by atoms with E-state index in [0.29, 0.717) is 29.9 Å². The van der Waals surface area contributed by atoms with Crippen molar-refractivity contribution in [2.24, 2.45) is 0 Å². The summed E-state index contributed by atoms with van der Waals surface area (Å²) in [6, 6.07) is 26.0. The summed E-state index contributed by atoms with van der Waals surface area (Å²) in [5.41, 5.74) is 5.37. The molecule has 59 heavy (non-hydrogen) atoms. The summed E-state index contributed by atoms with van der Waals surface area (Å²) in [7, 11) is 0. The van der Waals surface area contributed by atoms with Gasteiger partial charge in [0.1, 0.15) is 6.04 Å². The molecule has 2 N–H and O–H groups in total. The topological polar surface area (TPSA) is 155 Å². The van der Waals surface area contributed by atoms with Gasteiger partial charge in [0.05, 0.1) is 41.2 Å². The third-order valence-electron chi connectivity index (χ3n) is 11.7. The number of nitrogens with zero attached hydrogens (tertiary/aromatic N) is 7. The normalized spacial score (nSPS) is 19.3. The van der Waals surface area contributed by atoms with Crippen LogP contribution in [0.5, 0.6) is 0 Å². The first-order valence-electron chi connectivity index (χ1n) is 20.5. The molecule has 3 fully saturated rings. The van der Waals surface area contributed by atoms with Gasteiger partial charge in [-0.1, -0.05) is 66.7 Å². The van der Waals surface area contributed by atoms with Gasteiger partial charge >= 0.3 is 0 Å². The Morgan fingerprint density at radius 3 is 1.83 bits per heavy atom. The Labute approximate surface area is 343 Å². The highest BCUT2D eigenvalue weighted by Gasteiger charge is 2.45. The largest absolute Gasteiger partial charge is 0.380 e. The third kappa shape index (κ3) is 9.24. The van der Waals surface area contributed by atoms with E-state index in [4.69, 9.17) is 0 Å². The summed E-state index contributed by atoms with van der Waals surface area (Å²) in [6.45, 7) is 6.61. The molecule has 4 aliphatic rings. The first kappa shape index (κ1) is 39.6. The first-order valence-corrected chi connectivity index (χ1v) is 20.5. The second kappa shape index (κ2) is 18.1. The number of hydrogen-bond acceptors (Lipinski definition) is 10. The van der Waals surface area contributed by atoms with Crippen LogP contribution in [0.25, 0.3) is 0 Å². The van der Waals surface area contributed by atoms with E-state index in [2.05, 4.69) is 85.2 Å². The van der Waals surface area contributed by atoms with Crippen molar-refractivity contribution in [1.29, 1.82) is 0 Å². The van der Waals surface area contributed by atoms with Crippen LogP contribution in [0.15, 0.2) is 104 Å². The predicted molar refractivity (Wildman–Crippen MR) is 220 cm³/mol. The number of aromatic nitrogens is 4. The molecule has 3 aromatic carbocycles. The molecule has 14 nitrogen and oxygen atoms in total. The fraction of sp³-hybridized carbons (Fsp3) is 0.356. The quantitative estimate of drug-likeness (QED) is 0.134. The molecule has 1 atom stereocenters. The molecule has 0 radical (unpaired) electrons. The van der Waals surface area contributed by atoms with Gasteiger partial charge in [0, 0.05) is 75.9 Å². The smallest absolute Gasteiger partial charge is 0.264 e. The molecular weight excluding hydrogens is 747 g/mol. The minimum absolute atomic E-state index is 0.0883. The van der Waals surface area contributed by atoms with E-state index in [9.17, 15) is 24.0 Å². The van der Waals surface area contributed by atoms with Crippen LogP contribution in [-0.2, 0) is 29.2 Å². The third-order valence-corrected chi connectivity index (χ3v) is 11.7. The van der Waals surface area contributed by atoms with Crippen molar-refractivity contribution >= 4 is 35.6 Å². The van der Waals surface area contributed by atoms with Crippen molar-refractivity contribution in [1.82, 2.24) is 39.6 Å². The summed E-state index contributed by atoms with van der Waals surface area (Å²) in [5, 5.41) is 14.4. The predicted octanol–water partition coefficient (Wildman–Crippen LogP) is 5.27. The van der Waals surface area contributed by atoms with Gasteiger partial charge in [0.2, 0.25) is 11.8 Å². The lowest BCUT2D eigenvalue weighted by molar-refractivity contribution is -0.136. The lowest BCUT2D eigenvalue weighted by Gasteiger charge is -2.32. The van der Waals surface area contributed by atoms with Crippen molar-refractivity contribution in [3.8, 4) is 0 Å². The first-order chi connectivity index (χ1) is 28.8. The van der Waals surface area contributed by atoms with Gasteiger partial charge in [-0.25, -0.2) is 0 Å². The molecule has 0 saturated carbocycles. The van der Waals surface area contributed by atoms with Gasteiger partial charge in [-0.15, -0.1) is 0 Å². The van der Waals surface area contributed by atoms with E-state index in [1.165, 1.54) is 11.1 Å². The Bertz CT molecular complexity index is 2270. The van der Waals surface area contributed by atoms with Crippen LogP contribution in [-0.4, -0.2) is 96.4 Å². The molecular formula is C45H49N9O5. The zero-order chi connectivity index (χ0) is 40.7. The number of nitrogens with one attached hydrogen (secondary N) is 2. The molecule has 0 spiro atoms. The van der Waals surface area contributed by atoms with E-state index < -0.39 is 29.7 Å². The number of aldehydes is 1. The fourth-order valence-corrected chi connectivity index (χ4v) is 8.51. The summed E-state index contributed by atoms with van der Waals surface area (Å²) >= 11 is 0. The van der Waals surface area contributed by atoms with Crippen LogP contribution in [0.4, 0.5) is 5.69 Å². The molecule has 4 amide bonds. The zero-order valence-electron chi connectivity index (χ0n) is 33.0. The molecule has 5 aromatic rings. The molecule has 2 aromatic heterocycles. The molecule has 4 aliphatic heterocycles. The second-order valence-electron chi connectivity index (χ2n) is 15.7. The van der Waals surface area contributed by atoms with Gasteiger partial charge in [-0.05, 0) is 55.4 Å². The van der Waals surface area contributed by atoms with Gasteiger partial charge in [-0.3, -0.25) is 53.4 Å². The SMILES string of the molecule is O=C1CCC(N2C(=O)c3cccc(NCc4cnn(C5CCN(Cc6ccccc6)CC5)c4)c3C2=O)C(=O)N1.O=Cc1cnn(C2CCN(Cc3ccccc3)CC2)c1. The summed E-state index contributed by atoms with van der Waals surface area (Å²) in [6.07, 6.45) is 12.7. The van der Waals surface area contributed by atoms with Crippen molar-refractivity contribution in [3.63, 3.8) is 0 Å². The van der Waals surface area contributed by atoms with E-state index in [-0.39, 0.29) is 24.0 Å². The van der Waals surface area contributed by atoms with Crippen molar-refractivity contribution in [2.75, 3.05) is 31.5 Å². The molecule has 6 heterocycles. The number of amides is 4. The number of piperidine rings is 3. The number of anilines is 1. The lowest BCUT2D eigenvalue weighted by atomic mass is 10.0. The standard InChI is InChI=1S/C29H30N6O4.C16H19N3O/c36-25-10-9-24(27(37)32-25)35-28(38)22-7-4-8-23(26(22)29(35)39)30-15-20-16-31-34(18-20)21-11-13-33(14-12-21)17-19-5-2-1-3-6-19;20-13-15-10-17-19(12-15)16-6-8-18(9-7-16)11-14-4-2-1-3-5-14/h1-8,16,18,21,24,30H,9-15,17H2,(H,32,36,37);1-5,10,12-13,16H,6-9,11H2. The summed E-state index contributed by atoms with van der Waals surface area (Å²) < 4.78 is 3.98. The Kier molecular flexibility index (Phi) is 12.2. The molecule has 1 unspecified atom stereocenters. The zero-order valence-corrected chi connectivity index (χ0v) is 33.0. The minimum atomic E-state index is -0.986. The number of fused-ring (bicyclic) bond motifs is 1. The summed E-state index contributed by atoms with van der Waals surface area (Å²) in [4.78, 5) is 66.9. The number of rotatable bonds is 11. The van der Waals surface area contributed by atoms with Crippen LogP contribution in [0.1, 0.15) is 98.4 Å². The lowest BCUT2D eigenvalue weighted by Crippen LogP contribution is -2.54. The number of hydrogen-bond donors (Lipinski definition) is 2. The van der Waals surface area contributed by atoms with E-state index in [1.54, 1.807) is 24.4 Å². The maximum atomic E-state index is 13.3. The number of carbonyl (C=O) groups excluding carboxylic acids is 5. The highest BCUT2D eigenvalue weighted by molar-refractivity contribution is 6.25. The average Bonchev–Trinajstić information content (AvgIpc) is 4.01. The second-order valence-corrected chi connectivity index (χ2v) is 15.7. The highest BCUT2D eigenvalue weighted by Crippen LogP contribution is 2.33. The van der Waals surface area contributed by atoms with Crippen LogP contribution >= 0.6 is 0 Å². The Morgan fingerprint density at radius 1 is 0.661 bits per heavy atom. The maximum Gasteiger partial charge on any atom is 0.264 e. The van der Waals surface area contributed by atoms with Crippen LogP contribution in [0, 0.1) is 0 Å². The number of likely N-dealkylation sites (tertiary alicyclic amines) is 2. The van der Waals surface area contributed by atoms with Gasteiger partial charge in [0.15, 0.2) is 6.29 Å². The van der Waals surface area contributed by atoms with Crippen LogP contribution in [0.3, 0.4) is 0 Å². The summed E-state index contributed by atoms with van der Waals surface area (Å²) in [5.74, 6) is -2.05. The number of imide groups is 2. The molecule has 9 rings (SSSR count). The van der Waals surface area contributed by atoms with E-state index in [0.717, 1.165) is 81.7 Å². The van der Waals surface area contributed by atoms with Crippen molar-refractivity contribution in [2.45, 2.75) is 76.3 Å². The Morgan fingerprint density at radius 2 is 1.25 bits per heavy atom. The Hall–Kier alpha value is -6.25. The highest BCUT2D eigenvalue weighted by atomic mass is 16.2. The maximum absolute atomic E-state index is 13.3. The van der Waals surface area contributed by atoms with Crippen LogP contribution < -0.4 is 10.6 Å². The van der Waals surface area contributed by atoms with Gasteiger partial charge in [-0.2, -0.15) is 10.2 Å².